The van der Waals surface area contributed by atoms with Gasteiger partial charge in [0.15, 0.2) is 0 Å². The third-order valence-corrected chi connectivity index (χ3v) is 9.09. The predicted molar refractivity (Wildman–Crippen MR) is 120 cm³/mol. The van der Waals surface area contributed by atoms with Crippen LogP contribution in [0.15, 0.2) is 40.8 Å². The van der Waals surface area contributed by atoms with E-state index in [0.29, 0.717) is 5.57 Å². The van der Waals surface area contributed by atoms with Crippen LogP contribution in [0.2, 0.25) is 0 Å². The van der Waals surface area contributed by atoms with E-state index >= 15 is 0 Å². The van der Waals surface area contributed by atoms with Gasteiger partial charge in [0.2, 0.25) is 15.8 Å². The quantitative estimate of drug-likeness (QED) is 0.176. The Bertz CT molecular complexity index is 1230. The van der Waals surface area contributed by atoms with Gasteiger partial charge in [-0.2, -0.15) is 4.40 Å². The number of hydrogen-bond acceptors (Lipinski definition) is 6. The Hall–Kier alpha value is -1.41. The Balaban J connectivity index is 0.00000245. The van der Waals surface area contributed by atoms with Crippen LogP contribution in [0.1, 0.15) is 23.6 Å². The molecule has 5 rings (SSSR count). The maximum atomic E-state index is 12.6. The molecule has 7 nitrogen and oxygen atoms in total. The summed E-state index contributed by atoms with van der Waals surface area (Å²) in [6.45, 7) is 4.33. The number of hydrogen-bond donors (Lipinski definition) is 2. The molecule has 0 aliphatic carbocycles. The van der Waals surface area contributed by atoms with Gasteiger partial charge in [-0.1, -0.05) is 36.1 Å². The van der Waals surface area contributed by atoms with Crippen LogP contribution in [0.5, 0.6) is 0 Å². The summed E-state index contributed by atoms with van der Waals surface area (Å²) in [5, 5.41) is 23.2. The monoisotopic (exact) mass is 603 g/mol. The van der Waals surface area contributed by atoms with E-state index in [4.69, 9.17) is 0 Å². The van der Waals surface area contributed by atoms with Crippen LogP contribution in [0.25, 0.3) is 10.4 Å². The first-order valence-electron chi connectivity index (χ1n) is 9.92. The molecule has 1 saturated heterocycles. The minimum absolute atomic E-state index is 0. The van der Waals surface area contributed by atoms with Gasteiger partial charge in [0, 0.05) is 16.4 Å². The Kier molecular flexibility index (Phi) is 6.49. The van der Waals surface area contributed by atoms with Crippen molar-refractivity contribution in [2.75, 3.05) is 6.26 Å². The van der Waals surface area contributed by atoms with Crippen LogP contribution in [0.3, 0.4) is 0 Å². The normalized spacial score (nSPS) is 23.3. The molecule has 1 amide bonds. The van der Waals surface area contributed by atoms with Crippen molar-refractivity contribution in [3.8, 4) is 0 Å². The van der Waals surface area contributed by atoms with Gasteiger partial charge >= 0.3 is 5.97 Å². The van der Waals surface area contributed by atoms with Crippen molar-refractivity contribution in [1.29, 1.82) is 0 Å². The maximum Gasteiger partial charge on any atom is 0.352 e. The highest BCUT2D eigenvalue weighted by atomic mass is 127. The molecule has 4 atom stereocenters. The van der Waals surface area contributed by atoms with Gasteiger partial charge in [-0.3, -0.25) is 4.79 Å². The van der Waals surface area contributed by atoms with Gasteiger partial charge in [-0.15, -0.1) is 11.3 Å². The fourth-order valence-electron chi connectivity index (χ4n) is 4.84. The highest BCUT2D eigenvalue weighted by Crippen LogP contribution is 2.51. The Morgan fingerprint density at radius 2 is 2.16 bits per heavy atom. The lowest BCUT2D eigenvalue weighted by Gasteiger charge is -2.46. The molecular formula is C21H22IN3O4S3. The smallest absolute Gasteiger partial charge is 0.352 e. The van der Waals surface area contributed by atoms with Gasteiger partial charge in [0.1, 0.15) is 18.4 Å². The van der Waals surface area contributed by atoms with Gasteiger partial charge < -0.3 is 39.1 Å². The molecule has 1 fully saturated rings. The number of imidazole rings is 1. The first-order chi connectivity index (χ1) is 14.8. The van der Waals surface area contributed by atoms with Crippen LogP contribution in [0.4, 0.5) is 0 Å². The first-order valence-corrected chi connectivity index (χ1v) is 12.8. The fourth-order valence-corrected chi connectivity index (χ4v) is 7.72. The van der Waals surface area contributed by atoms with Crippen molar-refractivity contribution in [1.82, 2.24) is 9.47 Å². The Labute approximate surface area is 214 Å². The molecule has 2 aliphatic heterocycles. The van der Waals surface area contributed by atoms with E-state index < -0.39 is 18.0 Å². The number of carbonyl (C=O) groups excluding carboxylic acids is 1. The van der Waals surface area contributed by atoms with Crippen LogP contribution in [-0.4, -0.2) is 50.0 Å². The first kappa shape index (κ1) is 23.7. The minimum Gasteiger partial charge on any atom is -1.00 e. The largest absolute Gasteiger partial charge is 1.00 e. The lowest BCUT2D eigenvalue weighted by atomic mass is 9.77. The van der Waals surface area contributed by atoms with E-state index in [1.165, 1.54) is 9.78 Å². The topological polar surface area (TPSA) is 86.9 Å². The molecule has 0 radical (unpaired) electrons. The highest BCUT2D eigenvalue weighted by Gasteiger charge is 2.60. The SMILES string of the molecule is CSc1c2sc(C3=C(C(=O)O)N4C(=O)[C@H]([C@@H](C)O)[C@H]4[C@H]3C)c[n+]2cn1Cc1cccs1.[I-]. The van der Waals surface area contributed by atoms with Crippen LogP contribution in [0, 0.1) is 11.8 Å². The van der Waals surface area contributed by atoms with E-state index in [2.05, 4.69) is 16.0 Å². The molecular weight excluding hydrogens is 581 g/mol. The molecule has 0 aromatic carbocycles. The average Bonchev–Trinajstić information content (AvgIpc) is 3.44. The molecule has 0 unspecified atom stereocenters. The summed E-state index contributed by atoms with van der Waals surface area (Å²) in [6, 6.07) is 3.85. The molecule has 0 spiro atoms. The summed E-state index contributed by atoms with van der Waals surface area (Å²) in [6.07, 6.45) is 5.24. The number of halogens is 1. The number of thioether (sulfide) groups is 1. The van der Waals surface area contributed by atoms with E-state index in [-0.39, 0.29) is 47.5 Å². The standard InChI is InChI=1S/C21H21N3O4S3.HI/c1-10-14(17(21(27)28)24-16(10)15(11(2)25)18(24)26)13-8-23-9-22(7-12-5-4-6-30-12)19(29-3)20(23)31-13;/h4-6,8-11,15-16,25H,7H2,1-3H3;1H/t10-,11+,15+,16+;/m0./s1. The molecule has 3 aromatic heterocycles. The Morgan fingerprint density at radius 1 is 1.41 bits per heavy atom. The second-order valence-electron chi connectivity index (χ2n) is 7.96. The highest BCUT2D eigenvalue weighted by molar-refractivity contribution is 7.98. The zero-order chi connectivity index (χ0) is 22.0. The number of carbonyl (C=O) groups is 2. The number of aliphatic hydroxyl groups is 1. The number of thiophene rings is 1. The molecule has 5 heterocycles. The number of carboxylic acid groups (broad SMARTS) is 1. The summed E-state index contributed by atoms with van der Waals surface area (Å²) in [5.41, 5.74) is 0.737. The number of aliphatic hydroxyl groups excluding tert-OH is 1. The zero-order valence-electron chi connectivity index (χ0n) is 17.6. The molecule has 2 aliphatic rings. The van der Waals surface area contributed by atoms with Crippen LogP contribution < -0.4 is 28.4 Å². The molecule has 170 valence electrons. The van der Waals surface area contributed by atoms with Gasteiger partial charge in [-0.05, 0) is 24.6 Å². The lowest BCUT2D eigenvalue weighted by molar-refractivity contribution is -0.508. The van der Waals surface area contributed by atoms with Crippen molar-refractivity contribution >= 4 is 56.7 Å². The molecule has 32 heavy (non-hydrogen) atoms. The van der Waals surface area contributed by atoms with E-state index in [1.807, 2.05) is 36.2 Å². The van der Waals surface area contributed by atoms with Gasteiger partial charge in [0.25, 0.3) is 6.33 Å². The fraction of sp³-hybridized carbons (Fsp3) is 0.381. The summed E-state index contributed by atoms with van der Waals surface area (Å²) in [4.78, 5) is 29.3. The number of nitrogens with zero attached hydrogens (tertiary/aromatic N) is 3. The number of amides is 1. The number of carboxylic acids is 1. The molecule has 2 N–H and O–H groups in total. The number of aromatic nitrogens is 2. The third kappa shape index (κ3) is 3.44. The summed E-state index contributed by atoms with van der Waals surface area (Å²) in [5.74, 6) is -2.12. The average molecular weight is 604 g/mol. The number of β-lactam (4-membered cyclic amide) rings is 1. The number of fused-ring (bicyclic) bond motifs is 2. The molecule has 0 bridgehead atoms. The van der Waals surface area contributed by atoms with Gasteiger partial charge in [0.05, 0.1) is 22.9 Å². The number of thiazole rings is 1. The van der Waals surface area contributed by atoms with Crippen molar-refractivity contribution in [3.63, 3.8) is 0 Å². The van der Waals surface area contributed by atoms with E-state index in [9.17, 15) is 19.8 Å². The van der Waals surface area contributed by atoms with Crippen molar-refractivity contribution in [3.05, 3.63) is 45.5 Å². The van der Waals surface area contributed by atoms with Crippen molar-refractivity contribution in [2.24, 2.45) is 11.8 Å². The van der Waals surface area contributed by atoms with Gasteiger partial charge in [-0.25, -0.2) is 9.36 Å². The number of rotatable bonds is 6. The molecule has 11 heteroatoms. The molecule has 3 aromatic rings. The molecule has 0 saturated carbocycles. The number of aliphatic carboxylic acids is 1. The van der Waals surface area contributed by atoms with E-state index in [0.717, 1.165) is 21.3 Å². The second-order valence-corrected chi connectivity index (χ2v) is 10.8. The summed E-state index contributed by atoms with van der Waals surface area (Å²) >= 11 is 4.93. The van der Waals surface area contributed by atoms with Crippen LogP contribution in [-0.2, 0) is 16.1 Å². The lowest BCUT2D eigenvalue weighted by Crippen LogP contribution is -3.00. The van der Waals surface area contributed by atoms with E-state index in [1.54, 1.807) is 41.4 Å². The van der Waals surface area contributed by atoms with Crippen molar-refractivity contribution in [2.45, 2.75) is 37.6 Å². The zero-order valence-corrected chi connectivity index (χ0v) is 22.2. The third-order valence-electron chi connectivity index (χ3n) is 6.14. The second kappa shape index (κ2) is 8.75. The minimum atomic E-state index is -1.10. The Morgan fingerprint density at radius 3 is 2.75 bits per heavy atom. The summed E-state index contributed by atoms with van der Waals surface area (Å²) < 4.78 is 4.25. The van der Waals surface area contributed by atoms with Crippen LogP contribution >= 0.6 is 34.4 Å². The maximum absolute atomic E-state index is 12.6. The predicted octanol–water partition coefficient (Wildman–Crippen LogP) is -0.223. The van der Waals surface area contributed by atoms with Crippen molar-refractivity contribution < 1.29 is 48.2 Å². The summed E-state index contributed by atoms with van der Waals surface area (Å²) in [7, 11) is 0.